The van der Waals surface area contributed by atoms with Crippen LogP contribution in [0.2, 0.25) is 0 Å². The van der Waals surface area contributed by atoms with Crippen molar-refractivity contribution in [3.8, 4) is 11.5 Å². The number of ether oxygens (including phenoxy) is 2. The fourth-order valence-corrected chi connectivity index (χ4v) is 4.20. The lowest BCUT2D eigenvalue weighted by Gasteiger charge is -2.26. The van der Waals surface area contributed by atoms with Crippen LogP contribution in [0, 0.1) is 6.92 Å². The predicted octanol–water partition coefficient (Wildman–Crippen LogP) is 0.888. The summed E-state index contributed by atoms with van der Waals surface area (Å²) < 4.78 is 12.2. The molecule has 4 rings (SSSR count). The van der Waals surface area contributed by atoms with Crippen LogP contribution in [0.25, 0.3) is 0 Å². The van der Waals surface area contributed by atoms with E-state index in [0.29, 0.717) is 19.8 Å². The molecule has 148 valence electrons. The summed E-state index contributed by atoms with van der Waals surface area (Å²) in [5.41, 5.74) is 0.836. The zero-order valence-corrected chi connectivity index (χ0v) is 16.3. The first-order valence-electron chi connectivity index (χ1n) is 9.08. The van der Waals surface area contributed by atoms with Crippen LogP contribution in [0.4, 0.5) is 0 Å². The predicted molar refractivity (Wildman–Crippen MR) is 103 cm³/mol. The summed E-state index contributed by atoms with van der Waals surface area (Å²) in [7, 11) is 0. The van der Waals surface area contributed by atoms with Crippen molar-refractivity contribution < 1.29 is 14.3 Å². The van der Waals surface area contributed by atoms with Gasteiger partial charge < -0.3 is 20.2 Å². The first kappa shape index (κ1) is 18.6. The van der Waals surface area contributed by atoms with Gasteiger partial charge in [-0.05, 0) is 37.5 Å². The minimum absolute atomic E-state index is 0.00639. The fourth-order valence-electron chi connectivity index (χ4n) is 3.46. The molecule has 0 unspecified atom stereocenters. The fraction of sp³-hybridized carbons (Fsp3) is 0.444. The molecule has 2 N–H and O–H groups in total. The number of aromatic nitrogens is 3. The van der Waals surface area contributed by atoms with E-state index in [0.717, 1.165) is 46.3 Å². The van der Waals surface area contributed by atoms with Gasteiger partial charge >= 0.3 is 0 Å². The molecule has 10 heteroatoms. The normalized spacial score (nSPS) is 18.3. The minimum Gasteiger partial charge on any atom is -0.486 e. The molecule has 1 aromatic heterocycles. The molecule has 0 bridgehead atoms. The molecule has 0 aliphatic carbocycles. The quantitative estimate of drug-likeness (QED) is 0.592. The van der Waals surface area contributed by atoms with Gasteiger partial charge in [0.05, 0.1) is 11.8 Å². The molecule has 3 heterocycles. The average Bonchev–Trinajstić information content (AvgIpc) is 3.21. The van der Waals surface area contributed by atoms with Crippen LogP contribution >= 0.6 is 11.8 Å². The number of nitrogens with two attached hydrogens (primary N) is 1. The second-order valence-corrected chi connectivity index (χ2v) is 7.62. The maximum atomic E-state index is 12.8. The zero-order chi connectivity index (χ0) is 19.7. The Balaban J connectivity index is 1.47. The maximum absolute atomic E-state index is 12.8. The van der Waals surface area contributed by atoms with Gasteiger partial charge in [0, 0.05) is 6.54 Å². The molecule has 9 nitrogen and oxygen atoms in total. The van der Waals surface area contributed by atoms with E-state index in [2.05, 4.69) is 10.2 Å². The lowest BCUT2D eigenvalue weighted by molar-refractivity contribution is -0.129. The monoisotopic (exact) mass is 403 g/mol. The Bertz CT molecular complexity index is 963. The van der Waals surface area contributed by atoms with Crippen molar-refractivity contribution >= 4 is 17.7 Å². The molecule has 28 heavy (non-hydrogen) atoms. The van der Waals surface area contributed by atoms with Gasteiger partial charge in [0.1, 0.15) is 18.9 Å². The van der Waals surface area contributed by atoms with E-state index in [1.165, 1.54) is 0 Å². The van der Waals surface area contributed by atoms with Crippen LogP contribution in [0.5, 0.6) is 11.5 Å². The Morgan fingerprint density at radius 1 is 1.29 bits per heavy atom. The first-order chi connectivity index (χ1) is 13.5. The number of thioether (sulfide) groups is 1. The Morgan fingerprint density at radius 3 is 2.89 bits per heavy atom. The summed E-state index contributed by atoms with van der Waals surface area (Å²) in [6, 6.07) is 5.84. The van der Waals surface area contributed by atoms with Gasteiger partial charge in [-0.1, -0.05) is 17.8 Å². The van der Waals surface area contributed by atoms with Gasteiger partial charge in [-0.3, -0.25) is 9.59 Å². The van der Waals surface area contributed by atoms with Crippen LogP contribution in [0.15, 0.2) is 28.2 Å². The molecule has 1 fully saturated rings. The average molecular weight is 403 g/mol. The highest BCUT2D eigenvalue weighted by atomic mass is 32.2. The van der Waals surface area contributed by atoms with Crippen molar-refractivity contribution in [2.75, 3.05) is 31.4 Å². The third-order valence-corrected chi connectivity index (χ3v) is 5.80. The summed E-state index contributed by atoms with van der Waals surface area (Å²) in [6.07, 6.45) is 1.82. The van der Waals surface area contributed by atoms with E-state index in [9.17, 15) is 9.59 Å². The molecule has 1 amide bonds. The van der Waals surface area contributed by atoms with E-state index in [4.69, 9.17) is 15.3 Å². The van der Waals surface area contributed by atoms with Crippen molar-refractivity contribution in [1.29, 1.82) is 0 Å². The van der Waals surface area contributed by atoms with E-state index < -0.39 is 5.56 Å². The zero-order valence-electron chi connectivity index (χ0n) is 15.5. The summed E-state index contributed by atoms with van der Waals surface area (Å²) in [6.45, 7) is 3.30. The van der Waals surface area contributed by atoms with Crippen molar-refractivity contribution in [3.63, 3.8) is 0 Å². The number of fused-ring (bicyclic) bond motifs is 1. The second-order valence-electron chi connectivity index (χ2n) is 6.68. The summed E-state index contributed by atoms with van der Waals surface area (Å²) in [5.74, 6) is 7.30. The topological polar surface area (TPSA) is 113 Å². The number of rotatable bonds is 4. The molecule has 1 saturated heterocycles. The van der Waals surface area contributed by atoms with Gasteiger partial charge in [0.15, 0.2) is 11.5 Å². The van der Waals surface area contributed by atoms with Crippen molar-refractivity contribution in [2.24, 2.45) is 0 Å². The van der Waals surface area contributed by atoms with Crippen LogP contribution in [-0.2, 0) is 4.79 Å². The third kappa shape index (κ3) is 3.51. The van der Waals surface area contributed by atoms with Crippen LogP contribution in [0.1, 0.15) is 30.1 Å². The van der Waals surface area contributed by atoms with Gasteiger partial charge in [-0.25, -0.2) is 0 Å². The Labute approximate surface area is 165 Å². The van der Waals surface area contributed by atoms with E-state index in [-0.39, 0.29) is 28.6 Å². The highest BCUT2D eigenvalue weighted by molar-refractivity contribution is 7.99. The van der Waals surface area contributed by atoms with Gasteiger partial charge in [-0.2, -0.15) is 4.68 Å². The number of hydrogen-bond acceptors (Lipinski definition) is 8. The highest BCUT2D eigenvalue weighted by Crippen LogP contribution is 2.38. The molecule has 2 aliphatic rings. The molecule has 1 aromatic carbocycles. The minimum atomic E-state index is -0.416. The van der Waals surface area contributed by atoms with Crippen molar-refractivity contribution in [1.82, 2.24) is 19.8 Å². The number of benzene rings is 1. The number of likely N-dealkylation sites (tertiary alicyclic amines) is 1. The third-order valence-electron chi connectivity index (χ3n) is 4.87. The number of hydrogen-bond donors (Lipinski definition) is 1. The number of nitrogen functional groups attached to an aromatic ring is 1. The second kappa shape index (κ2) is 7.70. The van der Waals surface area contributed by atoms with E-state index in [1.54, 1.807) is 6.92 Å². The van der Waals surface area contributed by atoms with Gasteiger partial charge in [0.25, 0.3) is 5.56 Å². The largest absolute Gasteiger partial charge is 0.486 e. The number of amides is 1. The van der Waals surface area contributed by atoms with E-state index in [1.807, 2.05) is 23.1 Å². The lowest BCUT2D eigenvalue weighted by atomic mass is 10.0. The van der Waals surface area contributed by atoms with Crippen molar-refractivity contribution in [2.45, 2.75) is 31.0 Å². The maximum Gasteiger partial charge on any atom is 0.294 e. The SMILES string of the molecule is Cc1nnc(SCC(=O)N2CCC[C@H]2c2ccc3c(c2)OCCO3)n(N)c1=O. The Hall–Kier alpha value is -2.75. The smallest absolute Gasteiger partial charge is 0.294 e. The molecular weight excluding hydrogens is 382 g/mol. The molecule has 1 atom stereocenters. The summed E-state index contributed by atoms with van der Waals surface area (Å²) >= 11 is 1.11. The Kier molecular flexibility index (Phi) is 5.12. The van der Waals surface area contributed by atoms with Crippen LogP contribution in [0.3, 0.4) is 0 Å². The number of aryl methyl sites for hydroxylation is 1. The lowest BCUT2D eigenvalue weighted by Crippen LogP contribution is -2.34. The van der Waals surface area contributed by atoms with Crippen molar-refractivity contribution in [3.05, 3.63) is 39.8 Å². The highest BCUT2D eigenvalue weighted by Gasteiger charge is 2.31. The van der Waals surface area contributed by atoms with Crippen LogP contribution in [-0.4, -0.2) is 51.2 Å². The first-order valence-corrected chi connectivity index (χ1v) is 10.1. The number of carbonyl (C=O) groups excluding carboxylic acids is 1. The molecule has 2 aliphatic heterocycles. The van der Waals surface area contributed by atoms with Gasteiger partial charge in [-0.15, -0.1) is 10.2 Å². The van der Waals surface area contributed by atoms with Gasteiger partial charge in [0.2, 0.25) is 11.1 Å². The molecule has 0 spiro atoms. The van der Waals surface area contributed by atoms with E-state index >= 15 is 0 Å². The molecule has 0 saturated carbocycles. The number of carbonyl (C=O) groups is 1. The molecular formula is C18H21N5O4S. The summed E-state index contributed by atoms with van der Waals surface area (Å²) in [4.78, 5) is 26.5. The number of nitrogens with zero attached hydrogens (tertiary/aromatic N) is 4. The summed E-state index contributed by atoms with van der Waals surface area (Å²) in [5, 5.41) is 7.92. The Morgan fingerprint density at radius 2 is 2.07 bits per heavy atom. The standard InChI is InChI=1S/C18H21N5O4S/c1-11-17(25)23(19)18(21-20-11)28-10-16(24)22-6-2-3-13(22)12-4-5-14-15(9-12)27-8-7-26-14/h4-5,9,13H,2-3,6-8,10,19H2,1H3/t13-/m0/s1. The van der Waals surface area contributed by atoms with Crippen LogP contribution < -0.4 is 20.9 Å². The molecule has 2 aromatic rings. The molecule has 0 radical (unpaired) electrons.